The first-order chi connectivity index (χ1) is 11.2. The summed E-state index contributed by atoms with van der Waals surface area (Å²) < 4.78 is 5.23. The molecular formula is C19H28N2O2. The lowest BCUT2D eigenvalue weighted by Crippen LogP contribution is -2.50. The van der Waals surface area contributed by atoms with Gasteiger partial charge in [-0.15, -0.1) is 0 Å². The molecule has 1 saturated carbocycles. The zero-order valence-electron chi connectivity index (χ0n) is 14.0. The molecule has 1 aliphatic heterocycles. The Kier molecular flexibility index (Phi) is 5.21. The highest BCUT2D eigenvalue weighted by Gasteiger charge is 2.32. The first-order valence-electron chi connectivity index (χ1n) is 8.85. The summed E-state index contributed by atoms with van der Waals surface area (Å²) >= 11 is 0. The zero-order valence-corrected chi connectivity index (χ0v) is 14.0. The molecular weight excluding hydrogens is 288 g/mol. The first-order valence-corrected chi connectivity index (χ1v) is 8.85. The molecule has 1 heterocycles. The van der Waals surface area contributed by atoms with Crippen LogP contribution >= 0.6 is 0 Å². The van der Waals surface area contributed by atoms with Crippen LogP contribution in [-0.2, 0) is 4.79 Å². The molecule has 2 N–H and O–H groups in total. The minimum atomic E-state index is 0.0726. The molecule has 1 saturated heterocycles. The van der Waals surface area contributed by atoms with Crippen molar-refractivity contribution in [3.05, 3.63) is 29.8 Å². The minimum Gasteiger partial charge on any atom is -0.497 e. The summed E-state index contributed by atoms with van der Waals surface area (Å²) in [6.45, 7) is 1.51. The van der Waals surface area contributed by atoms with E-state index < -0.39 is 0 Å². The van der Waals surface area contributed by atoms with Gasteiger partial charge >= 0.3 is 0 Å². The molecule has 0 aromatic heterocycles. The van der Waals surface area contributed by atoms with Gasteiger partial charge in [-0.3, -0.25) is 4.79 Å². The largest absolute Gasteiger partial charge is 0.497 e. The summed E-state index contributed by atoms with van der Waals surface area (Å²) in [5, 5.41) is 0. The van der Waals surface area contributed by atoms with Crippen LogP contribution in [0.3, 0.4) is 0 Å². The van der Waals surface area contributed by atoms with Crippen LogP contribution in [0.25, 0.3) is 0 Å². The molecule has 0 radical (unpaired) electrons. The fourth-order valence-electron chi connectivity index (χ4n) is 4.04. The van der Waals surface area contributed by atoms with Gasteiger partial charge < -0.3 is 15.4 Å². The number of hydrogen-bond donors (Lipinski definition) is 1. The highest BCUT2D eigenvalue weighted by atomic mass is 16.5. The highest BCUT2D eigenvalue weighted by Crippen LogP contribution is 2.31. The normalized spacial score (nSPS) is 26.1. The van der Waals surface area contributed by atoms with Gasteiger partial charge in [0, 0.05) is 31.0 Å². The SMILES string of the molecule is COc1ccc(C2CC(N)CN(C(=O)C3CCCCC3)C2)cc1. The molecule has 2 atom stereocenters. The third-order valence-corrected chi connectivity index (χ3v) is 5.34. The molecule has 0 bridgehead atoms. The van der Waals surface area contributed by atoms with Crippen LogP contribution in [0.1, 0.15) is 50.0 Å². The Morgan fingerprint density at radius 3 is 2.48 bits per heavy atom. The smallest absolute Gasteiger partial charge is 0.225 e. The third kappa shape index (κ3) is 3.86. The van der Waals surface area contributed by atoms with E-state index in [1.165, 1.54) is 24.8 Å². The number of likely N-dealkylation sites (tertiary alicyclic amines) is 1. The van der Waals surface area contributed by atoms with Crippen LogP contribution in [-0.4, -0.2) is 37.0 Å². The quantitative estimate of drug-likeness (QED) is 0.933. The number of piperidine rings is 1. The van der Waals surface area contributed by atoms with Gasteiger partial charge in [-0.05, 0) is 37.0 Å². The molecule has 1 aromatic carbocycles. The van der Waals surface area contributed by atoms with Crippen molar-refractivity contribution in [2.75, 3.05) is 20.2 Å². The molecule has 1 aromatic rings. The van der Waals surface area contributed by atoms with Crippen LogP contribution in [0.15, 0.2) is 24.3 Å². The summed E-state index contributed by atoms with van der Waals surface area (Å²) in [6.07, 6.45) is 6.71. The Morgan fingerprint density at radius 2 is 1.83 bits per heavy atom. The lowest BCUT2D eigenvalue weighted by Gasteiger charge is -2.39. The van der Waals surface area contributed by atoms with E-state index in [1.807, 2.05) is 17.0 Å². The maximum atomic E-state index is 12.8. The number of carbonyl (C=O) groups is 1. The Bertz CT molecular complexity index is 523. The summed E-state index contributed by atoms with van der Waals surface area (Å²) in [7, 11) is 1.68. The minimum absolute atomic E-state index is 0.0726. The van der Waals surface area contributed by atoms with Crippen molar-refractivity contribution in [2.24, 2.45) is 11.7 Å². The number of benzene rings is 1. The van der Waals surface area contributed by atoms with E-state index in [1.54, 1.807) is 7.11 Å². The molecule has 23 heavy (non-hydrogen) atoms. The molecule has 126 valence electrons. The summed E-state index contributed by atoms with van der Waals surface area (Å²) in [4.78, 5) is 14.9. The molecule has 2 fully saturated rings. The van der Waals surface area contributed by atoms with E-state index in [4.69, 9.17) is 10.5 Å². The highest BCUT2D eigenvalue weighted by molar-refractivity contribution is 5.79. The van der Waals surface area contributed by atoms with Crippen LogP contribution in [0.4, 0.5) is 0 Å². The molecule has 2 aliphatic rings. The van der Waals surface area contributed by atoms with Gasteiger partial charge in [0.1, 0.15) is 5.75 Å². The Balaban J connectivity index is 1.69. The van der Waals surface area contributed by atoms with Gasteiger partial charge in [0.15, 0.2) is 0 Å². The number of rotatable bonds is 3. The summed E-state index contributed by atoms with van der Waals surface area (Å²) in [6, 6.07) is 8.25. The predicted octanol–water partition coefficient (Wildman–Crippen LogP) is 2.92. The van der Waals surface area contributed by atoms with Crippen molar-refractivity contribution >= 4 is 5.91 Å². The number of nitrogens with two attached hydrogens (primary N) is 1. The molecule has 3 rings (SSSR count). The second kappa shape index (κ2) is 7.35. The Labute approximate surface area is 139 Å². The summed E-state index contributed by atoms with van der Waals surface area (Å²) in [5.74, 6) is 1.75. The number of methoxy groups -OCH3 is 1. The molecule has 4 nitrogen and oxygen atoms in total. The molecule has 2 unspecified atom stereocenters. The second-order valence-electron chi connectivity index (χ2n) is 7.04. The van der Waals surface area contributed by atoms with Gasteiger partial charge in [-0.2, -0.15) is 0 Å². The van der Waals surface area contributed by atoms with Gasteiger partial charge in [0.25, 0.3) is 0 Å². The second-order valence-corrected chi connectivity index (χ2v) is 7.04. The van der Waals surface area contributed by atoms with Gasteiger partial charge in [0.2, 0.25) is 5.91 Å². The maximum Gasteiger partial charge on any atom is 0.225 e. The Morgan fingerprint density at radius 1 is 1.13 bits per heavy atom. The summed E-state index contributed by atoms with van der Waals surface area (Å²) in [5.41, 5.74) is 7.51. The van der Waals surface area contributed by atoms with E-state index in [0.717, 1.165) is 31.6 Å². The average molecular weight is 316 g/mol. The van der Waals surface area contributed by atoms with Crippen molar-refractivity contribution in [1.29, 1.82) is 0 Å². The molecule has 1 aliphatic carbocycles. The van der Waals surface area contributed by atoms with Crippen molar-refractivity contribution < 1.29 is 9.53 Å². The first kappa shape index (κ1) is 16.3. The van der Waals surface area contributed by atoms with E-state index in [-0.39, 0.29) is 12.0 Å². The number of carbonyl (C=O) groups excluding carboxylic acids is 1. The predicted molar refractivity (Wildman–Crippen MR) is 91.5 cm³/mol. The van der Waals surface area contributed by atoms with E-state index in [9.17, 15) is 4.79 Å². The third-order valence-electron chi connectivity index (χ3n) is 5.34. The van der Waals surface area contributed by atoms with Crippen LogP contribution < -0.4 is 10.5 Å². The monoisotopic (exact) mass is 316 g/mol. The lowest BCUT2D eigenvalue weighted by molar-refractivity contribution is -0.138. The van der Waals surface area contributed by atoms with E-state index >= 15 is 0 Å². The fraction of sp³-hybridized carbons (Fsp3) is 0.632. The van der Waals surface area contributed by atoms with Crippen molar-refractivity contribution in [3.63, 3.8) is 0 Å². The number of hydrogen-bond acceptors (Lipinski definition) is 3. The van der Waals surface area contributed by atoms with Gasteiger partial charge in [0.05, 0.1) is 7.11 Å². The van der Waals surface area contributed by atoms with Crippen LogP contribution in [0.5, 0.6) is 5.75 Å². The topological polar surface area (TPSA) is 55.6 Å². The average Bonchev–Trinajstić information content (AvgIpc) is 2.61. The number of amides is 1. The lowest BCUT2D eigenvalue weighted by atomic mass is 9.85. The fourth-order valence-corrected chi connectivity index (χ4v) is 4.04. The van der Waals surface area contributed by atoms with Crippen molar-refractivity contribution in [3.8, 4) is 5.75 Å². The van der Waals surface area contributed by atoms with Crippen molar-refractivity contribution in [1.82, 2.24) is 4.90 Å². The maximum absolute atomic E-state index is 12.8. The Hall–Kier alpha value is -1.55. The van der Waals surface area contributed by atoms with Crippen LogP contribution in [0.2, 0.25) is 0 Å². The number of nitrogens with zero attached hydrogens (tertiary/aromatic N) is 1. The van der Waals surface area contributed by atoms with E-state index in [0.29, 0.717) is 18.4 Å². The van der Waals surface area contributed by atoms with Gasteiger partial charge in [-0.1, -0.05) is 31.4 Å². The van der Waals surface area contributed by atoms with Gasteiger partial charge in [-0.25, -0.2) is 0 Å². The standard InChI is InChI=1S/C19H28N2O2/c1-23-18-9-7-14(8-10-18)16-11-17(20)13-21(12-16)19(22)15-5-3-2-4-6-15/h7-10,15-17H,2-6,11-13,20H2,1H3. The number of ether oxygens (including phenoxy) is 1. The molecule has 4 heteroatoms. The molecule has 1 amide bonds. The van der Waals surface area contributed by atoms with Crippen molar-refractivity contribution in [2.45, 2.75) is 50.5 Å². The van der Waals surface area contributed by atoms with Crippen LogP contribution in [0, 0.1) is 5.92 Å². The molecule has 0 spiro atoms. The zero-order chi connectivity index (χ0) is 16.2. The van der Waals surface area contributed by atoms with E-state index in [2.05, 4.69) is 12.1 Å².